The average molecular weight is 319 g/mol. The van der Waals surface area contributed by atoms with Gasteiger partial charge in [-0.25, -0.2) is 0 Å². The van der Waals surface area contributed by atoms with Crippen molar-refractivity contribution in [3.63, 3.8) is 0 Å². The summed E-state index contributed by atoms with van der Waals surface area (Å²) in [6, 6.07) is 20.0. The van der Waals surface area contributed by atoms with Crippen molar-refractivity contribution in [2.45, 2.75) is 0 Å². The molecule has 0 fully saturated rings. The largest absolute Gasteiger partial charge is 0.508 e. The highest BCUT2D eigenvalue weighted by Crippen LogP contribution is 2.31. The number of benzene rings is 3. The van der Waals surface area contributed by atoms with E-state index in [1.807, 2.05) is 0 Å². The zero-order valence-corrected chi connectivity index (χ0v) is 12.5. The number of nitro groups is 1. The van der Waals surface area contributed by atoms with E-state index in [2.05, 4.69) is 10.2 Å². The molecule has 24 heavy (non-hydrogen) atoms. The maximum absolute atomic E-state index is 11.1. The van der Waals surface area contributed by atoms with Crippen LogP contribution in [0.3, 0.4) is 0 Å². The van der Waals surface area contributed by atoms with E-state index in [1.165, 1.54) is 18.2 Å². The maximum atomic E-state index is 11.1. The minimum absolute atomic E-state index is 0.0657. The summed E-state index contributed by atoms with van der Waals surface area (Å²) in [7, 11) is 0. The van der Waals surface area contributed by atoms with Crippen LogP contribution in [0.1, 0.15) is 0 Å². The number of nitro benzene ring substituents is 1. The fourth-order valence-corrected chi connectivity index (χ4v) is 2.22. The number of hydrogen-bond donors (Lipinski definition) is 1. The number of rotatable bonds is 4. The lowest BCUT2D eigenvalue weighted by molar-refractivity contribution is -0.384. The summed E-state index contributed by atoms with van der Waals surface area (Å²) in [6.45, 7) is 0. The van der Waals surface area contributed by atoms with Crippen LogP contribution < -0.4 is 0 Å². The van der Waals surface area contributed by atoms with E-state index in [0.717, 1.165) is 5.56 Å². The van der Waals surface area contributed by atoms with Crippen molar-refractivity contribution < 1.29 is 10.0 Å². The van der Waals surface area contributed by atoms with Crippen LogP contribution in [0.15, 0.2) is 83.0 Å². The van der Waals surface area contributed by atoms with E-state index in [0.29, 0.717) is 16.9 Å². The zero-order chi connectivity index (χ0) is 16.9. The summed E-state index contributed by atoms with van der Waals surface area (Å²) < 4.78 is 0. The molecule has 6 nitrogen and oxygen atoms in total. The fraction of sp³-hybridized carbons (Fsp3) is 0. The van der Waals surface area contributed by atoms with Gasteiger partial charge in [0, 0.05) is 6.07 Å². The molecule has 0 saturated carbocycles. The predicted octanol–water partition coefficient (Wildman–Crippen LogP) is 5.38. The number of nitrogens with zero attached hydrogens (tertiary/aromatic N) is 3. The SMILES string of the molecule is O=[N+]([O-])c1ccccc1-c1ccc(N=Nc2ccc(O)cc2)cc1. The minimum atomic E-state index is -0.395. The van der Waals surface area contributed by atoms with E-state index in [1.54, 1.807) is 54.6 Å². The van der Waals surface area contributed by atoms with E-state index >= 15 is 0 Å². The summed E-state index contributed by atoms with van der Waals surface area (Å²) in [5, 5.41) is 28.5. The highest BCUT2D eigenvalue weighted by molar-refractivity contribution is 5.74. The van der Waals surface area contributed by atoms with Crippen LogP contribution in [0.5, 0.6) is 5.75 Å². The Hall–Kier alpha value is -3.54. The Morgan fingerprint density at radius 1 is 0.792 bits per heavy atom. The number of aromatic hydroxyl groups is 1. The lowest BCUT2D eigenvalue weighted by Crippen LogP contribution is -1.91. The first-order chi connectivity index (χ1) is 11.6. The molecule has 6 heteroatoms. The summed E-state index contributed by atoms with van der Waals surface area (Å²) in [5.41, 5.74) is 2.62. The lowest BCUT2D eigenvalue weighted by Gasteiger charge is -2.03. The highest BCUT2D eigenvalue weighted by Gasteiger charge is 2.13. The Morgan fingerprint density at radius 3 is 1.92 bits per heavy atom. The molecule has 118 valence electrons. The minimum Gasteiger partial charge on any atom is -0.508 e. The van der Waals surface area contributed by atoms with Crippen molar-refractivity contribution in [1.29, 1.82) is 0 Å². The summed E-state index contributed by atoms with van der Waals surface area (Å²) in [6.07, 6.45) is 0. The smallest absolute Gasteiger partial charge is 0.277 e. The molecule has 0 aliphatic carbocycles. The third-order valence-corrected chi connectivity index (χ3v) is 3.41. The van der Waals surface area contributed by atoms with Crippen molar-refractivity contribution in [3.8, 4) is 16.9 Å². The summed E-state index contributed by atoms with van der Waals surface area (Å²) in [5.74, 6) is 0.169. The molecule has 0 spiro atoms. The third-order valence-electron chi connectivity index (χ3n) is 3.41. The first kappa shape index (κ1) is 15.4. The van der Waals surface area contributed by atoms with Crippen LogP contribution in [0.2, 0.25) is 0 Å². The van der Waals surface area contributed by atoms with Gasteiger partial charge < -0.3 is 5.11 Å². The van der Waals surface area contributed by atoms with Crippen LogP contribution in [0.25, 0.3) is 11.1 Å². The van der Waals surface area contributed by atoms with Crippen LogP contribution in [0, 0.1) is 10.1 Å². The number of para-hydroxylation sites is 1. The number of azo groups is 1. The van der Waals surface area contributed by atoms with Gasteiger partial charge in [-0.05, 0) is 48.0 Å². The van der Waals surface area contributed by atoms with Gasteiger partial charge in [0.2, 0.25) is 0 Å². The molecular weight excluding hydrogens is 306 g/mol. The molecule has 0 aliphatic rings. The van der Waals surface area contributed by atoms with Crippen LogP contribution in [0.4, 0.5) is 17.1 Å². The second kappa shape index (κ2) is 6.70. The molecule has 0 aliphatic heterocycles. The molecule has 0 amide bonds. The van der Waals surface area contributed by atoms with Gasteiger partial charge in [0.05, 0.1) is 21.9 Å². The predicted molar refractivity (Wildman–Crippen MR) is 90.8 cm³/mol. The molecule has 3 aromatic carbocycles. The fourth-order valence-electron chi connectivity index (χ4n) is 2.22. The number of hydrogen-bond acceptors (Lipinski definition) is 5. The Labute approximate surface area is 137 Å². The molecule has 0 bridgehead atoms. The van der Waals surface area contributed by atoms with E-state index < -0.39 is 4.92 Å². The van der Waals surface area contributed by atoms with Gasteiger partial charge in [-0.2, -0.15) is 10.2 Å². The normalized spacial score (nSPS) is 10.8. The molecular formula is C18H13N3O3. The standard InChI is InChI=1S/C18H13N3O3/c22-16-11-9-15(10-12-16)20-19-14-7-5-13(6-8-14)17-3-1-2-4-18(17)21(23)24/h1-12,22H. The third kappa shape index (κ3) is 3.44. The van der Waals surface area contributed by atoms with Gasteiger partial charge in [0.1, 0.15) is 5.75 Å². The van der Waals surface area contributed by atoms with Crippen LogP contribution >= 0.6 is 0 Å². The Morgan fingerprint density at radius 2 is 1.33 bits per heavy atom. The summed E-state index contributed by atoms with van der Waals surface area (Å²) >= 11 is 0. The van der Waals surface area contributed by atoms with Crippen LogP contribution in [-0.4, -0.2) is 10.0 Å². The molecule has 3 aromatic rings. The Kier molecular flexibility index (Phi) is 4.29. The average Bonchev–Trinajstić information content (AvgIpc) is 2.62. The quantitative estimate of drug-likeness (QED) is 0.397. The molecule has 0 atom stereocenters. The van der Waals surface area contributed by atoms with Gasteiger partial charge in [0.25, 0.3) is 5.69 Å². The van der Waals surface area contributed by atoms with Crippen molar-refractivity contribution in [1.82, 2.24) is 0 Å². The van der Waals surface area contributed by atoms with Crippen molar-refractivity contribution in [3.05, 3.63) is 82.9 Å². The Bertz CT molecular complexity index is 888. The van der Waals surface area contributed by atoms with Gasteiger partial charge in [0.15, 0.2) is 0 Å². The first-order valence-corrected chi connectivity index (χ1v) is 7.18. The van der Waals surface area contributed by atoms with E-state index in [9.17, 15) is 15.2 Å². The van der Waals surface area contributed by atoms with E-state index in [4.69, 9.17) is 0 Å². The van der Waals surface area contributed by atoms with Gasteiger partial charge in [-0.15, -0.1) is 0 Å². The van der Waals surface area contributed by atoms with E-state index in [-0.39, 0.29) is 11.4 Å². The second-order valence-electron chi connectivity index (χ2n) is 5.04. The van der Waals surface area contributed by atoms with Gasteiger partial charge in [-0.3, -0.25) is 10.1 Å². The first-order valence-electron chi connectivity index (χ1n) is 7.18. The van der Waals surface area contributed by atoms with Crippen molar-refractivity contribution in [2.75, 3.05) is 0 Å². The zero-order valence-electron chi connectivity index (χ0n) is 12.5. The molecule has 0 radical (unpaired) electrons. The molecule has 1 N–H and O–H groups in total. The molecule has 0 unspecified atom stereocenters. The molecule has 0 heterocycles. The summed E-state index contributed by atoms with van der Waals surface area (Å²) in [4.78, 5) is 10.7. The van der Waals surface area contributed by atoms with Crippen molar-refractivity contribution >= 4 is 17.1 Å². The number of phenolic OH excluding ortho intramolecular Hbond substituents is 1. The van der Waals surface area contributed by atoms with Crippen molar-refractivity contribution in [2.24, 2.45) is 10.2 Å². The topological polar surface area (TPSA) is 88.1 Å². The maximum Gasteiger partial charge on any atom is 0.277 e. The second-order valence-corrected chi connectivity index (χ2v) is 5.04. The highest BCUT2D eigenvalue weighted by atomic mass is 16.6. The van der Waals surface area contributed by atoms with Gasteiger partial charge >= 0.3 is 0 Å². The monoisotopic (exact) mass is 319 g/mol. The van der Waals surface area contributed by atoms with Crippen LogP contribution in [-0.2, 0) is 0 Å². The molecule has 0 saturated heterocycles. The Balaban J connectivity index is 1.83. The number of phenols is 1. The lowest BCUT2D eigenvalue weighted by atomic mass is 10.0. The molecule has 3 rings (SSSR count). The molecule has 0 aromatic heterocycles. The van der Waals surface area contributed by atoms with Gasteiger partial charge in [-0.1, -0.05) is 24.3 Å².